The first-order valence-electron chi connectivity index (χ1n) is 7.04. The lowest BCUT2D eigenvalue weighted by molar-refractivity contribution is 0.0679. The molecule has 1 aliphatic carbocycles. The molecule has 0 atom stereocenters. The molecule has 1 fully saturated rings. The summed E-state index contributed by atoms with van der Waals surface area (Å²) in [5.74, 6) is 0.971. The molecule has 1 saturated carbocycles. The van der Waals surface area contributed by atoms with Crippen molar-refractivity contribution in [3.63, 3.8) is 0 Å². The van der Waals surface area contributed by atoms with Crippen LogP contribution in [-0.2, 0) is 5.33 Å². The Hall–Kier alpha value is -0.830. The third-order valence-corrected chi connectivity index (χ3v) is 4.86. The van der Waals surface area contributed by atoms with Crippen LogP contribution in [0.15, 0.2) is 24.3 Å². The van der Waals surface area contributed by atoms with Gasteiger partial charge in [0.25, 0.3) is 5.91 Å². The number of carbonyl (C=O) groups excluding carboxylic acids is 1. The van der Waals surface area contributed by atoms with Gasteiger partial charge in [-0.2, -0.15) is 0 Å². The predicted molar refractivity (Wildman–Crippen MR) is 82.6 cm³/mol. The van der Waals surface area contributed by atoms with Gasteiger partial charge in [-0.1, -0.05) is 35.0 Å². The summed E-state index contributed by atoms with van der Waals surface area (Å²) in [6.07, 6.45) is 4.77. The number of halogens is 1. The van der Waals surface area contributed by atoms with E-state index < -0.39 is 0 Å². The van der Waals surface area contributed by atoms with E-state index in [4.69, 9.17) is 0 Å². The van der Waals surface area contributed by atoms with Crippen molar-refractivity contribution < 1.29 is 4.79 Å². The zero-order chi connectivity index (χ0) is 13.8. The Bertz CT molecular complexity index is 421. The van der Waals surface area contributed by atoms with Crippen LogP contribution in [0.2, 0.25) is 0 Å². The highest BCUT2D eigenvalue weighted by atomic mass is 79.9. The molecule has 2 nitrogen and oxygen atoms in total. The second-order valence-corrected chi connectivity index (χ2v) is 6.22. The summed E-state index contributed by atoms with van der Waals surface area (Å²) in [5.41, 5.74) is 2.00. The number of hydrogen-bond donors (Lipinski definition) is 0. The van der Waals surface area contributed by atoms with E-state index in [0.29, 0.717) is 6.04 Å². The van der Waals surface area contributed by atoms with Gasteiger partial charge in [0.15, 0.2) is 0 Å². The average Bonchev–Trinajstić information content (AvgIpc) is 2.46. The number of alkyl halides is 1. The average molecular weight is 324 g/mol. The maximum Gasteiger partial charge on any atom is 0.253 e. The summed E-state index contributed by atoms with van der Waals surface area (Å²) in [6, 6.07) is 8.30. The van der Waals surface area contributed by atoms with E-state index >= 15 is 0 Å². The van der Waals surface area contributed by atoms with Gasteiger partial charge in [-0.3, -0.25) is 4.79 Å². The van der Waals surface area contributed by atoms with Gasteiger partial charge in [-0.25, -0.2) is 0 Å². The summed E-state index contributed by atoms with van der Waals surface area (Å²) in [5, 5.41) is 0.831. The molecule has 0 spiro atoms. The molecule has 1 aliphatic rings. The molecule has 3 heteroatoms. The van der Waals surface area contributed by atoms with Gasteiger partial charge in [0.1, 0.15) is 0 Å². The fourth-order valence-corrected chi connectivity index (χ4v) is 3.11. The maximum atomic E-state index is 12.4. The molecule has 2 rings (SSSR count). The molecule has 0 heterocycles. The minimum absolute atomic E-state index is 0.153. The van der Waals surface area contributed by atoms with Gasteiger partial charge >= 0.3 is 0 Å². The molecular formula is C16H22BrNO. The highest BCUT2D eigenvalue weighted by Crippen LogP contribution is 2.27. The van der Waals surface area contributed by atoms with E-state index in [1.807, 2.05) is 36.2 Å². The molecule has 0 bridgehead atoms. The Morgan fingerprint density at radius 1 is 1.21 bits per heavy atom. The predicted octanol–water partition coefficient (Wildman–Crippen LogP) is 4.23. The number of hydrogen-bond acceptors (Lipinski definition) is 1. The summed E-state index contributed by atoms with van der Waals surface area (Å²) in [7, 11) is 1.95. The van der Waals surface area contributed by atoms with E-state index in [1.54, 1.807) is 0 Å². The SMILES string of the molecule is CC1CCC(N(C)C(=O)c2ccc(CBr)cc2)CC1. The Morgan fingerprint density at radius 2 is 1.79 bits per heavy atom. The van der Waals surface area contributed by atoms with Crippen LogP contribution in [-0.4, -0.2) is 23.9 Å². The van der Waals surface area contributed by atoms with Gasteiger partial charge in [-0.15, -0.1) is 0 Å². The molecule has 0 saturated heterocycles. The number of nitrogens with zero attached hydrogens (tertiary/aromatic N) is 1. The lowest BCUT2D eigenvalue weighted by Crippen LogP contribution is -2.39. The molecule has 0 aliphatic heterocycles. The summed E-state index contributed by atoms with van der Waals surface area (Å²) in [6.45, 7) is 2.30. The third-order valence-electron chi connectivity index (χ3n) is 4.21. The van der Waals surface area contributed by atoms with Crippen LogP contribution in [0.5, 0.6) is 0 Å². The van der Waals surface area contributed by atoms with Gasteiger partial charge in [0.05, 0.1) is 0 Å². The van der Waals surface area contributed by atoms with Crippen LogP contribution in [0, 0.1) is 5.92 Å². The second kappa shape index (κ2) is 6.56. The van der Waals surface area contributed by atoms with Crippen LogP contribution in [0.3, 0.4) is 0 Å². The van der Waals surface area contributed by atoms with Crippen molar-refractivity contribution in [2.45, 2.75) is 44.0 Å². The molecule has 1 aromatic carbocycles. The Kier molecular flexibility index (Phi) is 5.03. The van der Waals surface area contributed by atoms with E-state index in [-0.39, 0.29) is 5.91 Å². The first kappa shape index (κ1) is 14.6. The highest BCUT2D eigenvalue weighted by Gasteiger charge is 2.25. The first-order chi connectivity index (χ1) is 9.11. The van der Waals surface area contributed by atoms with E-state index in [2.05, 4.69) is 22.9 Å². The largest absolute Gasteiger partial charge is 0.339 e. The van der Waals surface area contributed by atoms with Crippen molar-refractivity contribution in [1.29, 1.82) is 0 Å². The number of carbonyl (C=O) groups is 1. The number of rotatable bonds is 3. The third kappa shape index (κ3) is 3.59. The summed E-state index contributed by atoms with van der Waals surface area (Å²) < 4.78 is 0. The van der Waals surface area contributed by atoms with E-state index in [0.717, 1.165) is 29.7 Å². The van der Waals surface area contributed by atoms with Crippen molar-refractivity contribution in [2.24, 2.45) is 5.92 Å². The minimum Gasteiger partial charge on any atom is -0.339 e. The molecule has 19 heavy (non-hydrogen) atoms. The zero-order valence-electron chi connectivity index (χ0n) is 11.7. The Morgan fingerprint density at radius 3 is 2.32 bits per heavy atom. The number of amides is 1. The molecule has 1 aromatic rings. The highest BCUT2D eigenvalue weighted by molar-refractivity contribution is 9.08. The maximum absolute atomic E-state index is 12.4. The van der Waals surface area contributed by atoms with Gasteiger partial charge < -0.3 is 4.90 Å². The monoisotopic (exact) mass is 323 g/mol. The van der Waals surface area contributed by atoms with E-state index in [9.17, 15) is 4.79 Å². The van der Waals surface area contributed by atoms with Crippen molar-refractivity contribution in [3.05, 3.63) is 35.4 Å². The van der Waals surface area contributed by atoms with Gasteiger partial charge in [0, 0.05) is 24.0 Å². The number of benzene rings is 1. The lowest BCUT2D eigenvalue weighted by Gasteiger charge is -2.33. The molecule has 104 valence electrons. The second-order valence-electron chi connectivity index (χ2n) is 5.66. The van der Waals surface area contributed by atoms with Crippen LogP contribution >= 0.6 is 15.9 Å². The quantitative estimate of drug-likeness (QED) is 0.762. The van der Waals surface area contributed by atoms with Crippen molar-refractivity contribution in [2.75, 3.05) is 7.05 Å². The summed E-state index contributed by atoms with van der Waals surface area (Å²) in [4.78, 5) is 14.4. The lowest BCUT2D eigenvalue weighted by atomic mass is 9.86. The Labute approximate surface area is 124 Å². The fourth-order valence-electron chi connectivity index (χ4n) is 2.74. The smallest absolute Gasteiger partial charge is 0.253 e. The normalized spacial score (nSPS) is 23.1. The van der Waals surface area contributed by atoms with Crippen molar-refractivity contribution in [3.8, 4) is 0 Å². The fraction of sp³-hybridized carbons (Fsp3) is 0.562. The summed E-state index contributed by atoms with van der Waals surface area (Å²) >= 11 is 3.42. The van der Waals surface area contributed by atoms with Crippen LogP contribution in [0.4, 0.5) is 0 Å². The standard InChI is InChI=1S/C16H22BrNO/c1-12-3-9-15(10-4-12)18(2)16(19)14-7-5-13(11-17)6-8-14/h5-8,12,15H,3-4,9-11H2,1-2H3. The molecule has 0 radical (unpaired) electrons. The van der Waals surface area contributed by atoms with E-state index in [1.165, 1.54) is 18.4 Å². The first-order valence-corrected chi connectivity index (χ1v) is 8.16. The van der Waals surface area contributed by atoms with Gasteiger partial charge in [-0.05, 0) is 49.3 Å². The van der Waals surface area contributed by atoms with Gasteiger partial charge in [0.2, 0.25) is 0 Å². The zero-order valence-corrected chi connectivity index (χ0v) is 13.3. The molecule has 0 unspecified atom stereocenters. The molecular weight excluding hydrogens is 302 g/mol. The molecule has 0 aromatic heterocycles. The van der Waals surface area contributed by atoms with Crippen molar-refractivity contribution >= 4 is 21.8 Å². The van der Waals surface area contributed by atoms with Crippen molar-refractivity contribution in [1.82, 2.24) is 4.90 Å². The van der Waals surface area contributed by atoms with Crippen LogP contribution in [0.1, 0.15) is 48.5 Å². The molecule has 1 amide bonds. The minimum atomic E-state index is 0.153. The Balaban J connectivity index is 2.01. The van der Waals surface area contributed by atoms with Crippen LogP contribution in [0.25, 0.3) is 0 Å². The topological polar surface area (TPSA) is 20.3 Å². The van der Waals surface area contributed by atoms with Crippen LogP contribution < -0.4 is 0 Å². The molecule has 0 N–H and O–H groups in total.